The van der Waals surface area contributed by atoms with E-state index in [-0.39, 0.29) is 17.1 Å². The Hall–Kier alpha value is -2.74. The van der Waals surface area contributed by atoms with Gasteiger partial charge in [0.05, 0.1) is 18.2 Å². The number of aromatic amines is 1. The summed E-state index contributed by atoms with van der Waals surface area (Å²) >= 11 is 0. The topological polar surface area (TPSA) is 88.9 Å². The molecule has 1 atom stereocenters. The van der Waals surface area contributed by atoms with Crippen LogP contribution >= 0.6 is 0 Å². The molecule has 3 heterocycles. The molecular formula is C22H30N6O2. The number of hydrogen-bond acceptors (Lipinski definition) is 6. The molecular weight excluding hydrogens is 380 g/mol. The first-order chi connectivity index (χ1) is 14.4. The van der Waals surface area contributed by atoms with Crippen LogP contribution in [0.3, 0.4) is 0 Å². The molecule has 30 heavy (non-hydrogen) atoms. The summed E-state index contributed by atoms with van der Waals surface area (Å²) in [5.74, 6) is 1.43. The molecule has 0 aliphatic carbocycles. The summed E-state index contributed by atoms with van der Waals surface area (Å²) in [6, 6.07) is 7.41. The van der Waals surface area contributed by atoms with Crippen LogP contribution in [0.25, 0.3) is 10.9 Å². The van der Waals surface area contributed by atoms with Crippen LogP contribution in [-0.2, 0) is 5.54 Å². The number of pyridine rings is 1. The molecule has 0 saturated carbocycles. The lowest BCUT2D eigenvalue weighted by Crippen LogP contribution is -2.38. The second-order valence-corrected chi connectivity index (χ2v) is 8.98. The van der Waals surface area contributed by atoms with Gasteiger partial charge < -0.3 is 9.72 Å². The maximum Gasteiger partial charge on any atom is 0.253 e. The van der Waals surface area contributed by atoms with Crippen LogP contribution in [-0.4, -0.2) is 50.3 Å². The van der Waals surface area contributed by atoms with Crippen molar-refractivity contribution < 1.29 is 4.74 Å². The van der Waals surface area contributed by atoms with Crippen molar-refractivity contribution in [1.82, 2.24) is 30.1 Å². The number of rotatable bonds is 4. The van der Waals surface area contributed by atoms with Crippen LogP contribution in [0.5, 0.6) is 5.75 Å². The third kappa shape index (κ3) is 3.96. The van der Waals surface area contributed by atoms with E-state index in [1.54, 1.807) is 7.11 Å². The lowest BCUT2D eigenvalue weighted by Gasteiger charge is -2.31. The minimum atomic E-state index is -0.299. The van der Waals surface area contributed by atoms with Gasteiger partial charge in [-0.2, -0.15) is 0 Å². The Morgan fingerprint density at radius 2 is 1.83 bits per heavy atom. The number of hydrogen-bond donors (Lipinski definition) is 1. The third-order valence-electron chi connectivity index (χ3n) is 5.76. The van der Waals surface area contributed by atoms with Crippen molar-refractivity contribution in [2.75, 3.05) is 20.2 Å². The molecule has 1 aliphatic rings. The first-order valence-corrected chi connectivity index (χ1v) is 10.6. The normalized spacial score (nSPS) is 17.1. The van der Waals surface area contributed by atoms with Crippen molar-refractivity contribution in [3.8, 4) is 5.75 Å². The molecule has 3 aromatic rings. The van der Waals surface area contributed by atoms with Crippen LogP contribution in [0.15, 0.2) is 29.1 Å². The average Bonchev–Trinajstić information content (AvgIpc) is 3.05. The fraction of sp³-hybridized carbons (Fsp3) is 0.545. The maximum atomic E-state index is 13.3. The van der Waals surface area contributed by atoms with Crippen molar-refractivity contribution in [3.05, 3.63) is 46.0 Å². The number of fused-ring (bicyclic) bond motifs is 1. The van der Waals surface area contributed by atoms with Gasteiger partial charge in [0, 0.05) is 11.6 Å². The first kappa shape index (κ1) is 20.5. The molecule has 1 aliphatic heterocycles. The van der Waals surface area contributed by atoms with E-state index in [9.17, 15) is 4.79 Å². The Morgan fingerprint density at radius 3 is 2.50 bits per heavy atom. The van der Waals surface area contributed by atoms with Gasteiger partial charge in [-0.25, -0.2) is 4.68 Å². The molecule has 4 rings (SSSR count). The zero-order valence-electron chi connectivity index (χ0n) is 18.2. The second kappa shape index (κ2) is 8.18. The van der Waals surface area contributed by atoms with Gasteiger partial charge in [-0.15, -0.1) is 5.10 Å². The first-order valence-electron chi connectivity index (χ1n) is 10.6. The molecule has 0 unspecified atom stereocenters. The third-order valence-corrected chi connectivity index (χ3v) is 5.76. The van der Waals surface area contributed by atoms with Crippen LogP contribution < -0.4 is 10.3 Å². The molecule has 2 aromatic heterocycles. The number of methoxy groups -OCH3 is 1. The molecule has 1 fully saturated rings. The van der Waals surface area contributed by atoms with Crippen LogP contribution in [0.1, 0.15) is 63.9 Å². The largest absolute Gasteiger partial charge is 0.497 e. The van der Waals surface area contributed by atoms with Crippen molar-refractivity contribution in [3.63, 3.8) is 0 Å². The Bertz CT molecular complexity index is 1070. The number of H-pyrrole nitrogens is 1. The number of nitrogens with one attached hydrogen (secondary N) is 1. The van der Waals surface area contributed by atoms with Gasteiger partial charge in [-0.05, 0) is 80.7 Å². The van der Waals surface area contributed by atoms with Gasteiger partial charge in [0.1, 0.15) is 11.8 Å². The van der Waals surface area contributed by atoms with Crippen molar-refractivity contribution >= 4 is 10.9 Å². The Kier molecular flexibility index (Phi) is 5.60. The highest BCUT2D eigenvalue weighted by Gasteiger charge is 2.33. The number of aromatic nitrogens is 5. The number of benzene rings is 1. The summed E-state index contributed by atoms with van der Waals surface area (Å²) in [5, 5.41) is 13.6. The smallest absolute Gasteiger partial charge is 0.253 e. The van der Waals surface area contributed by atoms with Gasteiger partial charge in [-0.1, -0.05) is 12.8 Å². The fourth-order valence-electron chi connectivity index (χ4n) is 4.22. The lowest BCUT2D eigenvalue weighted by molar-refractivity contribution is 0.208. The minimum Gasteiger partial charge on any atom is -0.497 e. The van der Waals surface area contributed by atoms with E-state index in [2.05, 4.69) is 46.2 Å². The molecule has 8 heteroatoms. The van der Waals surface area contributed by atoms with E-state index in [4.69, 9.17) is 4.74 Å². The number of nitrogens with zero attached hydrogens (tertiary/aromatic N) is 5. The van der Waals surface area contributed by atoms with Gasteiger partial charge in [0.2, 0.25) is 0 Å². The summed E-state index contributed by atoms with van der Waals surface area (Å²) < 4.78 is 7.15. The summed E-state index contributed by atoms with van der Waals surface area (Å²) in [4.78, 5) is 18.7. The molecule has 0 bridgehead atoms. The van der Waals surface area contributed by atoms with E-state index in [0.29, 0.717) is 17.1 Å². The van der Waals surface area contributed by atoms with E-state index >= 15 is 0 Å². The second-order valence-electron chi connectivity index (χ2n) is 8.98. The highest BCUT2D eigenvalue weighted by Crippen LogP contribution is 2.31. The van der Waals surface area contributed by atoms with E-state index in [0.717, 1.165) is 36.8 Å². The molecule has 0 spiro atoms. The van der Waals surface area contributed by atoms with Crippen molar-refractivity contribution in [2.45, 2.75) is 58.0 Å². The Morgan fingerprint density at radius 1 is 1.10 bits per heavy atom. The molecule has 0 amide bonds. The standard InChI is InChI=1S/C22H30N6O2/c1-22(2,3)28-20(24-25-26-28)19(27-11-7-5-6-8-12-27)17-13-15-9-10-16(30-4)14-18(15)23-21(17)29/h9-10,13-14,19H,5-8,11-12H2,1-4H3,(H,23,29)/t19-/m1/s1. The summed E-state index contributed by atoms with van der Waals surface area (Å²) in [7, 11) is 1.62. The molecule has 1 saturated heterocycles. The van der Waals surface area contributed by atoms with Crippen LogP contribution in [0, 0.1) is 0 Å². The Balaban J connectivity index is 1.89. The monoisotopic (exact) mass is 410 g/mol. The number of ether oxygens (including phenoxy) is 1. The lowest BCUT2D eigenvalue weighted by atomic mass is 10.0. The zero-order valence-corrected chi connectivity index (χ0v) is 18.2. The Labute approximate surface area is 176 Å². The molecule has 8 nitrogen and oxygen atoms in total. The summed E-state index contributed by atoms with van der Waals surface area (Å²) in [6.45, 7) is 8.05. The summed E-state index contributed by atoms with van der Waals surface area (Å²) in [6.07, 6.45) is 4.63. The molecule has 160 valence electrons. The molecule has 1 N–H and O–H groups in total. The average molecular weight is 411 g/mol. The predicted molar refractivity (Wildman–Crippen MR) is 116 cm³/mol. The quantitative estimate of drug-likeness (QED) is 0.710. The SMILES string of the molecule is COc1ccc2cc([C@H](c3nnnn3C(C)(C)C)N3CCCCCC3)c(=O)[nH]c2c1. The number of tetrazole rings is 1. The zero-order chi connectivity index (χ0) is 21.3. The molecule has 1 aromatic carbocycles. The highest BCUT2D eigenvalue weighted by molar-refractivity contribution is 5.80. The van der Waals surface area contributed by atoms with E-state index in [1.807, 2.05) is 28.9 Å². The highest BCUT2D eigenvalue weighted by atomic mass is 16.5. The van der Waals surface area contributed by atoms with Gasteiger partial charge in [0.25, 0.3) is 5.56 Å². The van der Waals surface area contributed by atoms with Gasteiger partial charge in [-0.3, -0.25) is 9.69 Å². The van der Waals surface area contributed by atoms with E-state index < -0.39 is 0 Å². The van der Waals surface area contributed by atoms with Crippen LogP contribution in [0.2, 0.25) is 0 Å². The van der Waals surface area contributed by atoms with Crippen molar-refractivity contribution in [2.24, 2.45) is 0 Å². The van der Waals surface area contributed by atoms with Crippen LogP contribution in [0.4, 0.5) is 0 Å². The predicted octanol–water partition coefficient (Wildman–Crippen LogP) is 3.24. The minimum absolute atomic E-state index is 0.117. The van der Waals surface area contributed by atoms with Gasteiger partial charge in [0.15, 0.2) is 5.82 Å². The van der Waals surface area contributed by atoms with E-state index in [1.165, 1.54) is 12.8 Å². The van der Waals surface area contributed by atoms with Gasteiger partial charge >= 0.3 is 0 Å². The number of likely N-dealkylation sites (tertiary alicyclic amines) is 1. The molecule has 0 radical (unpaired) electrons. The summed E-state index contributed by atoms with van der Waals surface area (Å²) in [5.41, 5.74) is 1.02. The maximum absolute atomic E-state index is 13.3. The fourth-order valence-corrected chi connectivity index (χ4v) is 4.22. The van der Waals surface area contributed by atoms with Crippen molar-refractivity contribution in [1.29, 1.82) is 0 Å².